The van der Waals surface area contributed by atoms with Crippen LogP contribution in [0.3, 0.4) is 0 Å². The summed E-state index contributed by atoms with van der Waals surface area (Å²) < 4.78 is 0. The molecule has 5 heteroatoms. The van der Waals surface area contributed by atoms with Gasteiger partial charge in [-0.3, -0.25) is 9.97 Å². The third kappa shape index (κ3) is 3.76. The van der Waals surface area contributed by atoms with Crippen molar-refractivity contribution >= 4 is 34.1 Å². The Kier molecular flexibility index (Phi) is 5.62. The third-order valence-electron chi connectivity index (χ3n) is 5.51. The van der Waals surface area contributed by atoms with Crippen LogP contribution in [-0.4, -0.2) is 15.1 Å². The SMILES string of the molecule is OCc1c(-c2cccc(Cl)c2)ccnc1-c1ccc2ncc(-c3ccccc3)c(Cl)c2c1. The van der Waals surface area contributed by atoms with E-state index < -0.39 is 0 Å². The summed E-state index contributed by atoms with van der Waals surface area (Å²) in [5.41, 5.74) is 6.80. The van der Waals surface area contributed by atoms with Crippen LogP contribution in [0, 0.1) is 0 Å². The highest BCUT2D eigenvalue weighted by atomic mass is 35.5. The number of halogens is 2. The van der Waals surface area contributed by atoms with E-state index in [9.17, 15) is 5.11 Å². The third-order valence-corrected chi connectivity index (χ3v) is 6.15. The first-order chi connectivity index (χ1) is 15.7. The lowest BCUT2D eigenvalue weighted by atomic mass is 9.95. The summed E-state index contributed by atoms with van der Waals surface area (Å²) in [5.74, 6) is 0. The van der Waals surface area contributed by atoms with Crippen LogP contribution in [0.1, 0.15) is 5.56 Å². The molecule has 156 valence electrons. The Morgan fingerprint density at radius 3 is 2.31 bits per heavy atom. The molecular weight excluding hydrogens is 439 g/mol. The van der Waals surface area contributed by atoms with Crippen LogP contribution in [0.4, 0.5) is 0 Å². The second kappa shape index (κ2) is 8.71. The Morgan fingerprint density at radius 2 is 1.53 bits per heavy atom. The second-order valence-electron chi connectivity index (χ2n) is 7.44. The predicted octanol–water partition coefficient (Wildman–Crippen LogP) is 7.43. The molecular formula is C27H18Cl2N2O. The van der Waals surface area contributed by atoms with Gasteiger partial charge in [-0.2, -0.15) is 0 Å². The number of hydrogen-bond donors (Lipinski definition) is 1. The predicted molar refractivity (Wildman–Crippen MR) is 132 cm³/mol. The Balaban J connectivity index is 1.68. The molecule has 0 aliphatic carbocycles. The molecule has 2 aromatic heterocycles. The van der Waals surface area contributed by atoms with Crippen molar-refractivity contribution in [2.45, 2.75) is 6.61 Å². The molecule has 3 aromatic carbocycles. The van der Waals surface area contributed by atoms with E-state index in [-0.39, 0.29) is 6.61 Å². The van der Waals surface area contributed by atoms with Crippen LogP contribution in [-0.2, 0) is 6.61 Å². The first-order valence-electron chi connectivity index (χ1n) is 10.1. The zero-order chi connectivity index (χ0) is 22.1. The molecule has 0 radical (unpaired) electrons. The van der Waals surface area contributed by atoms with Gasteiger partial charge in [0.1, 0.15) is 0 Å². The van der Waals surface area contributed by atoms with Crippen molar-refractivity contribution in [2.75, 3.05) is 0 Å². The van der Waals surface area contributed by atoms with E-state index in [0.717, 1.165) is 44.3 Å². The fourth-order valence-electron chi connectivity index (χ4n) is 3.95. The molecule has 0 saturated heterocycles. The number of hydrogen-bond acceptors (Lipinski definition) is 3. The fraction of sp³-hybridized carbons (Fsp3) is 0.0370. The molecule has 0 aliphatic heterocycles. The summed E-state index contributed by atoms with van der Waals surface area (Å²) in [6, 6.07) is 25.3. The minimum Gasteiger partial charge on any atom is -0.392 e. The number of aromatic nitrogens is 2. The second-order valence-corrected chi connectivity index (χ2v) is 8.25. The maximum Gasteiger partial charge on any atom is 0.0763 e. The average Bonchev–Trinajstić information content (AvgIpc) is 2.84. The highest BCUT2D eigenvalue weighted by Gasteiger charge is 2.15. The van der Waals surface area contributed by atoms with Crippen molar-refractivity contribution in [2.24, 2.45) is 0 Å². The molecule has 0 aliphatic rings. The molecule has 0 saturated carbocycles. The van der Waals surface area contributed by atoms with Crippen molar-refractivity contribution in [3.8, 4) is 33.5 Å². The molecule has 0 atom stereocenters. The van der Waals surface area contributed by atoms with Crippen LogP contribution < -0.4 is 0 Å². The summed E-state index contributed by atoms with van der Waals surface area (Å²) in [6.07, 6.45) is 3.55. The van der Waals surface area contributed by atoms with Crippen molar-refractivity contribution in [3.05, 3.63) is 107 Å². The van der Waals surface area contributed by atoms with Gasteiger partial charge in [0, 0.05) is 39.5 Å². The molecule has 5 aromatic rings. The van der Waals surface area contributed by atoms with Crippen LogP contribution in [0.15, 0.2) is 91.3 Å². The lowest BCUT2D eigenvalue weighted by Crippen LogP contribution is -1.97. The molecule has 0 bridgehead atoms. The van der Waals surface area contributed by atoms with Crippen LogP contribution in [0.25, 0.3) is 44.4 Å². The zero-order valence-electron chi connectivity index (χ0n) is 17.0. The number of aliphatic hydroxyl groups is 1. The van der Waals surface area contributed by atoms with Gasteiger partial charge in [-0.05, 0) is 47.0 Å². The van der Waals surface area contributed by atoms with Crippen molar-refractivity contribution in [1.29, 1.82) is 0 Å². The van der Waals surface area contributed by atoms with Gasteiger partial charge >= 0.3 is 0 Å². The molecule has 2 heterocycles. The summed E-state index contributed by atoms with van der Waals surface area (Å²) in [6.45, 7) is -0.154. The molecule has 0 unspecified atom stereocenters. The van der Waals surface area contributed by atoms with E-state index in [2.05, 4.69) is 9.97 Å². The molecule has 5 rings (SSSR count). The van der Waals surface area contributed by atoms with Gasteiger partial charge in [0.25, 0.3) is 0 Å². The van der Waals surface area contributed by atoms with Crippen LogP contribution in [0.2, 0.25) is 10.0 Å². The summed E-state index contributed by atoms with van der Waals surface area (Å²) in [4.78, 5) is 9.19. The maximum atomic E-state index is 10.2. The lowest BCUT2D eigenvalue weighted by Gasteiger charge is -2.14. The minimum atomic E-state index is -0.154. The Morgan fingerprint density at radius 1 is 0.719 bits per heavy atom. The van der Waals surface area contributed by atoms with Gasteiger partial charge in [-0.15, -0.1) is 0 Å². The minimum absolute atomic E-state index is 0.154. The highest BCUT2D eigenvalue weighted by Crippen LogP contribution is 2.37. The Bertz CT molecular complexity index is 1440. The van der Waals surface area contributed by atoms with Gasteiger partial charge in [-0.1, -0.05) is 71.7 Å². The Labute approximate surface area is 195 Å². The first kappa shape index (κ1) is 20.7. The van der Waals surface area contributed by atoms with Crippen molar-refractivity contribution in [1.82, 2.24) is 9.97 Å². The lowest BCUT2D eigenvalue weighted by molar-refractivity contribution is 0.282. The Hall–Kier alpha value is -3.24. The highest BCUT2D eigenvalue weighted by molar-refractivity contribution is 6.38. The maximum absolute atomic E-state index is 10.2. The quantitative estimate of drug-likeness (QED) is 0.305. The van der Waals surface area contributed by atoms with Gasteiger partial charge in [-0.25, -0.2) is 0 Å². The van der Waals surface area contributed by atoms with E-state index in [1.807, 2.05) is 78.9 Å². The van der Waals surface area contributed by atoms with E-state index in [1.54, 1.807) is 12.4 Å². The molecule has 32 heavy (non-hydrogen) atoms. The van der Waals surface area contributed by atoms with E-state index in [1.165, 1.54) is 0 Å². The van der Waals surface area contributed by atoms with Gasteiger partial charge in [0.05, 0.1) is 22.8 Å². The van der Waals surface area contributed by atoms with Gasteiger partial charge < -0.3 is 5.11 Å². The van der Waals surface area contributed by atoms with E-state index >= 15 is 0 Å². The topological polar surface area (TPSA) is 46.0 Å². The smallest absolute Gasteiger partial charge is 0.0763 e. The largest absolute Gasteiger partial charge is 0.392 e. The molecule has 0 spiro atoms. The first-order valence-corrected chi connectivity index (χ1v) is 10.9. The van der Waals surface area contributed by atoms with E-state index in [4.69, 9.17) is 23.2 Å². The molecule has 0 amide bonds. The van der Waals surface area contributed by atoms with Gasteiger partial charge in [0.15, 0.2) is 0 Å². The van der Waals surface area contributed by atoms with Crippen LogP contribution in [0.5, 0.6) is 0 Å². The number of aliphatic hydroxyl groups excluding tert-OH is 1. The normalized spacial score (nSPS) is 11.1. The molecule has 1 N–H and O–H groups in total. The molecule has 0 fully saturated rings. The number of nitrogens with zero attached hydrogens (tertiary/aromatic N) is 2. The van der Waals surface area contributed by atoms with Crippen LogP contribution >= 0.6 is 23.2 Å². The fourth-order valence-corrected chi connectivity index (χ4v) is 4.45. The van der Waals surface area contributed by atoms with E-state index in [0.29, 0.717) is 15.7 Å². The monoisotopic (exact) mass is 456 g/mol. The number of fused-ring (bicyclic) bond motifs is 1. The van der Waals surface area contributed by atoms with Gasteiger partial charge in [0.2, 0.25) is 0 Å². The zero-order valence-corrected chi connectivity index (χ0v) is 18.5. The standard InChI is InChI=1S/C27H18Cl2N2O/c28-20-8-4-7-18(13-20)21-11-12-30-27(24(21)16-32)19-9-10-25-22(14-19)26(29)23(15-31-25)17-5-2-1-3-6-17/h1-15,32H,16H2. The summed E-state index contributed by atoms with van der Waals surface area (Å²) >= 11 is 13.0. The number of benzene rings is 3. The number of rotatable bonds is 4. The van der Waals surface area contributed by atoms with Crippen molar-refractivity contribution < 1.29 is 5.11 Å². The summed E-state index contributed by atoms with van der Waals surface area (Å²) in [7, 11) is 0. The number of pyridine rings is 2. The van der Waals surface area contributed by atoms with Crippen molar-refractivity contribution in [3.63, 3.8) is 0 Å². The summed E-state index contributed by atoms with van der Waals surface area (Å²) in [5, 5.41) is 12.4. The molecule has 3 nitrogen and oxygen atoms in total. The average molecular weight is 457 g/mol.